The summed E-state index contributed by atoms with van der Waals surface area (Å²) in [5.41, 5.74) is 3.66. The molecule has 0 unspecified atom stereocenters. The van der Waals surface area contributed by atoms with Crippen molar-refractivity contribution in [1.29, 1.82) is 0 Å². The first kappa shape index (κ1) is 20.9. The third-order valence-electron chi connectivity index (χ3n) is 5.66. The number of aromatic carboxylic acids is 1. The maximum Gasteiger partial charge on any atom is 0.336 e. The summed E-state index contributed by atoms with van der Waals surface area (Å²) in [6.45, 7) is 12.7. The van der Waals surface area contributed by atoms with Gasteiger partial charge in [-0.1, -0.05) is 25.3 Å². The Morgan fingerprint density at radius 2 is 1.97 bits per heavy atom. The molecule has 31 heavy (non-hydrogen) atoms. The van der Waals surface area contributed by atoms with E-state index in [1.165, 1.54) is 0 Å². The van der Waals surface area contributed by atoms with Crippen molar-refractivity contribution in [3.8, 4) is 17.2 Å². The average molecular weight is 419 g/mol. The van der Waals surface area contributed by atoms with Gasteiger partial charge in [-0.05, 0) is 37.6 Å². The van der Waals surface area contributed by atoms with Gasteiger partial charge in [0.1, 0.15) is 23.3 Å². The van der Waals surface area contributed by atoms with Gasteiger partial charge in [-0.2, -0.15) is 0 Å². The molecule has 0 bridgehead atoms. The molecular formula is C25H25NO5. The van der Waals surface area contributed by atoms with Crippen LogP contribution in [0.25, 0.3) is 34.5 Å². The van der Waals surface area contributed by atoms with E-state index in [0.29, 0.717) is 47.1 Å². The van der Waals surface area contributed by atoms with Crippen molar-refractivity contribution in [3.05, 3.63) is 59.4 Å². The van der Waals surface area contributed by atoms with Crippen LogP contribution in [0.15, 0.2) is 35.8 Å². The molecule has 1 aliphatic heterocycles. The first-order valence-electron chi connectivity index (χ1n) is 10.2. The van der Waals surface area contributed by atoms with Crippen LogP contribution < -0.4 is 4.74 Å². The summed E-state index contributed by atoms with van der Waals surface area (Å²) in [6, 6.07) is 5.27. The van der Waals surface area contributed by atoms with Gasteiger partial charge in [-0.15, -0.1) is 0 Å². The molecular weight excluding hydrogens is 394 g/mol. The first-order chi connectivity index (χ1) is 14.9. The molecule has 1 saturated heterocycles. The topological polar surface area (TPSA) is 81.8 Å². The Hall–Kier alpha value is -3.38. The highest BCUT2D eigenvalue weighted by molar-refractivity contribution is 6.07. The number of ether oxygens (including phenoxy) is 2. The number of benzene rings is 1. The van der Waals surface area contributed by atoms with Gasteiger partial charge in [-0.25, -0.2) is 9.78 Å². The highest BCUT2D eigenvalue weighted by atomic mass is 16.5. The maximum absolute atomic E-state index is 12.3. The molecule has 1 fully saturated rings. The third-order valence-corrected chi connectivity index (χ3v) is 5.66. The van der Waals surface area contributed by atoms with Crippen LogP contribution in [0.4, 0.5) is 0 Å². The number of carbonyl (C=O) groups is 1. The maximum atomic E-state index is 12.3. The van der Waals surface area contributed by atoms with E-state index in [0.717, 1.165) is 29.5 Å². The minimum absolute atomic E-state index is 0.0152. The Labute approximate surface area is 180 Å². The minimum atomic E-state index is -1.05. The molecule has 3 aromatic rings. The number of carboxylic acids is 1. The van der Waals surface area contributed by atoms with Gasteiger partial charge in [0.25, 0.3) is 0 Å². The Morgan fingerprint density at radius 1 is 1.23 bits per heavy atom. The van der Waals surface area contributed by atoms with Gasteiger partial charge in [0.15, 0.2) is 5.76 Å². The van der Waals surface area contributed by atoms with Crippen molar-refractivity contribution < 1.29 is 23.8 Å². The lowest BCUT2D eigenvalue weighted by Gasteiger charge is -2.24. The number of hydrogen-bond donors (Lipinski definition) is 1. The summed E-state index contributed by atoms with van der Waals surface area (Å²) in [5.74, 6) is 0.561. The Kier molecular flexibility index (Phi) is 5.65. The number of aryl methyl sites for hydroxylation is 1. The van der Waals surface area contributed by atoms with Gasteiger partial charge in [-0.3, -0.25) is 0 Å². The van der Waals surface area contributed by atoms with E-state index in [4.69, 9.17) is 18.9 Å². The van der Waals surface area contributed by atoms with Crippen molar-refractivity contribution in [2.24, 2.45) is 0 Å². The van der Waals surface area contributed by atoms with Gasteiger partial charge in [0, 0.05) is 24.0 Å². The van der Waals surface area contributed by atoms with Crippen molar-refractivity contribution in [2.75, 3.05) is 13.2 Å². The Bertz CT molecular complexity index is 1180. The zero-order valence-electron chi connectivity index (χ0n) is 17.7. The van der Waals surface area contributed by atoms with E-state index in [1.807, 2.05) is 26.0 Å². The van der Waals surface area contributed by atoms with Crippen molar-refractivity contribution in [1.82, 2.24) is 4.98 Å². The van der Waals surface area contributed by atoms with E-state index in [9.17, 15) is 9.90 Å². The van der Waals surface area contributed by atoms with Crippen molar-refractivity contribution in [2.45, 2.75) is 32.8 Å². The molecule has 1 N–H and O–H groups in total. The zero-order chi connectivity index (χ0) is 22.1. The van der Waals surface area contributed by atoms with Crippen LogP contribution in [-0.2, 0) is 4.74 Å². The van der Waals surface area contributed by atoms with Gasteiger partial charge < -0.3 is 19.0 Å². The summed E-state index contributed by atoms with van der Waals surface area (Å²) >= 11 is 0. The second-order valence-electron chi connectivity index (χ2n) is 7.64. The molecule has 0 saturated carbocycles. The summed E-state index contributed by atoms with van der Waals surface area (Å²) in [7, 11) is 0. The predicted octanol–water partition coefficient (Wildman–Crippen LogP) is 5.65. The summed E-state index contributed by atoms with van der Waals surface area (Å²) in [6.07, 6.45) is 4.83. The predicted molar refractivity (Wildman–Crippen MR) is 121 cm³/mol. The van der Waals surface area contributed by atoms with E-state index >= 15 is 0 Å². The minimum Gasteiger partial charge on any atom is -0.490 e. The molecule has 0 radical (unpaired) electrons. The van der Waals surface area contributed by atoms with E-state index in [1.54, 1.807) is 18.2 Å². The Morgan fingerprint density at radius 3 is 2.58 bits per heavy atom. The molecule has 0 atom stereocenters. The summed E-state index contributed by atoms with van der Waals surface area (Å²) in [4.78, 5) is 17.1. The monoisotopic (exact) mass is 419 g/mol. The first-order valence-corrected chi connectivity index (χ1v) is 10.2. The SMILES string of the molecule is C=Cc1oc(-c2cc(C(=O)O)c3c(OC4CCOCC4)ccc(C)c3n2)c(C)c1C=C. The molecule has 1 aromatic carbocycles. The van der Waals surface area contributed by atoms with Crippen molar-refractivity contribution in [3.63, 3.8) is 0 Å². The highest BCUT2D eigenvalue weighted by Crippen LogP contribution is 2.37. The van der Waals surface area contributed by atoms with Crippen LogP contribution >= 0.6 is 0 Å². The quantitative estimate of drug-likeness (QED) is 0.556. The average Bonchev–Trinajstić information content (AvgIpc) is 3.11. The normalized spacial score (nSPS) is 14.5. The molecule has 1 aliphatic rings. The third kappa shape index (κ3) is 3.75. The number of fused-ring (bicyclic) bond motifs is 1. The zero-order valence-corrected chi connectivity index (χ0v) is 17.7. The highest BCUT2D eigenvalue weighted by Gasteiger charge is 2.24. The van der Waals surface area contributed by atoms with Gasteiger partial charge in [0.05, 0.1) is 29.7 Å². The number of furan rings is 1. The fourth-order valence-electron chi connectivity index (χ4n) is 4.00. The number of nitrogens with zero attached hydrogens (tertiary/aromatic N) is 1. The molecule has 6 heteroatoms. The van der Waals surface area contributed by atoms with Crippen LogP contribution in [-0.4, -0.2) is 35.4 Å². The molecule has 6 nitrogen and oxygen atoms in total. The lowest BCUT2D eigenvalue weighted by Crippen LogP contribution is -2.26. The van der Waals surface area contributed by atoms with Crippen LogP contribution in [0, 0.1) is 13.8 Å². The Balaban J connectivity index is 1.92. The molecule has 0 aliphatic carbocycles. The number of carboxylic acid groups (broad SMARTS) is 1. The lowest BCUT2D eigenvalue weighted by molar-refractivity contribution is 0.0261. The second kappa shape index (κ2) is 8.40. The molecule has 0 amide bonds. The number of hydrogen-bond acceptors (Lipinski definition) is 5. The van der Waals surface area contributed by atoms with Crippen LogP contribution in [0.5, 0.6) is 5.75 Å². The summed E-state index contributed by atoms with van der Waals surface area (Å²) < 4.78 is 17.6. The van der Waals surface area contributed by atoms with Gasteiger partial charge in [0.2, 0.25) is 0 Å². The largest absolute Gasteiger partial charge is 0.490 e. The number of aromatic nitrogens is 1. The van der Waals surface area contributed by atoms with E-state index in [2.05, 4.69) is 13.2 Å². The molecule has 2 aromatic heterocycles. The molecule has 160 valence electrons. The van der Waals surface area contributed by atoms with E-state index in [-0.39, 0.29) is 11.7 Å². The number of pyridine rings is 1. The fraction of sp³-hybridized carbons (Fsp3) is 0.280. The fourth-order valence-corrected chi connectivity index (χ4v) is 4.00. The van der Waals surface area contributed by atoms with Crippen molar-refractivity contribution >= 4 is 29.0 Å². The van der Waals surface area contributed by atoms with Crippen LogP contribution in [0.1, 0.15) is 45.7 Å². The van der Waals surface area contributed by atoms with Crippen LogP contribution in [0.3, 0.4) is 0 Å². The molecule has 3 heterocycles. The second-order valence-corrected chi connectivity index (χ2v) is 7.64. The summed E-state index contributed by atoms with van der Waals surface area (Å²) in [5, 5.41) is 10.5. The lowest BCUT2D eigenvalue weighted by atomic mass is 10.0. The molecule has 0 spiro atoms. The van der Waals surface area contributed by atoms with Gasteiger partial charge >= 0.3 is 5.97 Å². The van der Waals surface area contributed by atoms with Crippen LogP contribution in [0.2, 0.25) is 0 Å². The number of rotatable bonds is 6. The smallest absolute Gasteiger partial charge is 0.336 e. The standard InChI is InChI=1S/C25H25NO5/c1-5-17-15(4)24(31-20(17)6-2)19-13-18(25(27)28)22-21(8-7-14(3)23(22)26-19)30-16-9-11-29-12-10-16/h5-8,13,16H,1-2,9-12H2,3-4H3,(H,27,28). The molecule has 4 rings (SSSR count). The van der Waals surface area contributed by atoms with E-state index < -0.39 is 5.97 Å².